The van der Waals surface area contributed by atoms with Gasteiger partial charge in [-0.3, -0.25) is 0 Å². The van der Waals surface area contributed by atoms with E-state index in [0.29, 0.717) is 43.5 Å². The zero-order chi connectivity index (χ0) is 32.3. The summed E-state index contributed by atoms with van der Waals surface area (Å²) >= 11 is 0. The highest BCUT2D eigenvalue weighted by molar-refractivity contribution is 6.13. The van der Waals surface area contributed by atoms with E-state index in [9.17, 15) is 9.59 Å². The molecule has 0 saturated carbocycles. The Kier molecular flexibility index (Phi) is 30.5. The number of rotatable bonds is 20. The van der Waals surface area contributed by atoms with E-state index in [4.69, 9.17) is 28.4 Å². The van der Waals surface area contributed by atoms with Gasteiger partial charge >= 0.3 is 11.9 Å². The Morgan fingerprint density at radius 3 is 1.49 bits per heavy atom. The van der Waals surface area contributed by atoms with Crippen LogP contribution < -0.4 is 0 Å². The maximum absolute atomic E-state index is 11.9. The molecule has 0 aliphatic heterocycles. The minimum absolute atomic E-state index is 0.251. The second-order valence-electron chi connectivity index (χ2n) is 10.5. The van der Waals surface area contributed by atoms with E-state index in [-0.39, 0.29) is 29.6 Å². The van der Waals surface area contributed by atoms with Crippen molar-refractivity contribution in [3.05, 3.63) is 23.7 Å². The standard InChI is InChI=1S/C15H30O4Si.C9H22O2Si.C7H12O2/c1-4-6-9-18-15(19-10-7-5-2)13(3)14(16)17-11-8-12-20;1-6-9(12,10-7(2)3)11-8(4)5;1-4-5-9-7(8)6(2)3/h4-12H2,1-3,20H3;7-8H,6H2,1-5,12H3;2,4-5H2,1,3H3. The lowest BCUT2D eigenvalue weighted by atomic mass is 10.3. The molecule has 0 heterocycles. The smallest absolute Gasteiger partial charge is 0.340 e. The van der Waals surface area contributed by atoms with Gasteiger partial charge in [0, 0.05) is 15.8 Å². The Balaban J connectivity index is -0.000000583. The lowest BCUT2D eigenvalue weighted by Gasteiger charge is -2.33. The predicted octanol–water partition coefficient (Wildman–Crippen LogP) is 5.35. The van der Waals surface area contributed by atoms with Crippen LogP contribution in [0.3, 0.4) is 0 Å². The summed E-state index contributed by atoms with van der Waals surface area (Å²) in [6.45, 7) is 25.3. The molecule has 10 heteroatoms. The summed E-state index contributed by atoms with van der Waals surface area (Å²) in [6.07, 6.45) is 7.23. The fourth-order valence-corrected chi connectivity index (χ4v) is 4.12. The summed E-state index contributed by atoms with van der Waals surface area (Å²) in [6, 6.07) is 1.14. The third-order valence-electron chi connectivity index (χ3n) is 5.20. The van der Waals surface area contributed by atoms with Crippen molar-refractivity contribution in [3.63, 3.8) is 0 Å². The van der Waals surface area contributed by atoms with E-state index < -0.39 is 0 Å². The SMILES string of the molecule is C=C(C)C(=O)OCCC.CCC([SiH3])(OC(C)C)OC(C)C.CCCCOC(OCCCC)=C(C)C(=O)OCCC[SiH3]. The van der Waals surface area contributed by atoms with Crippen LogP contribution in [0.2, 0.25) is 6.04 Å². The quantitative estimate of drug-likeness (QED) is 0.0450. The Labute approximate surface area is 258 Å². The molecule has 0 radical (unpaired) electrons. The lowest BCUT2D eigenvalue weighted by molar-refractivity contribution is -0.215. The van der Waals surface area contributed by atoms with Crippen molar-refractivity contribution in [1.82, 2.24) is 0 Å². The van der Waals surface area contributed by atoms with Crippen molar-refractivity contribution in [2.75, 3.05) is 26.4 Å². The highest BCUT2D eigenvalue weighted by Gasteiger charge is 2.25. The van der Waals surface area contributed by atoms with Gasteiger partial charge in [0.25, 0.3) is 5.95 Å². The van der Waals surface area contributed by atoms with E-state index in [2.05, 4.69) is 27.4 Å². The molecule has 0 bridgehead atoms. The van der Waals surface area contributed by atoms with Crippen LogP contribution in [0.25, 0.3) is 0 Å². The second-order valence-corrected chi connectivity index (χ2v) is 13.1. The van der Waals surface area contributed by atoms with Gasteiger partial charge in [0.1, 0.15) is 11.0 Å². The minimum Gasteiger partial charge on any atom is -0.465 e. The predicted molar refractivity (Wildman–Crippen MR) is 176 cm³/mol. The lowest BCUT2D eigenvalue weighted by Crippen LogP contribution is -2.40. The van der Waals surface area contributed by atoms with Gasteiger partial charge in [-0.05, 0) is 73.6 Å². The molecule has 0 aliphatic rings. The third kappa shape index (κ3) is 28.3. The first kappa shape index (κ1) is 43.8. The highest BCUT2D eigenvalue weighted by atomic mass is 28.1. The van der Waals surface area contributed by atoms with Gasteiger partial charge in [-0.1, -0.05) is 53.2 Å². The maximum atomic E-state index is 11.9. The van der Waals surface area contributed by atoms with Gasteiger partial charge < -0.3 is 28.4 Å². The number of unbranched alkanes of at least 4 members (excludes halogenated alkanes) is 2. The van der Waals surface area contributed by atoms with Crippen LogP contribution in [0.5, 0.6) is 0 Å². The largest absolute Gasteiger partial charge is 0.465 e. The molecule has 0 rings (SSSR count). The third-order valence-corrected chi connectivity index (χ3v) is 7.09. The van der Waals surface area contributed by atoms with Gasteiger partial charge in [-0.15, -0.1) is 0 Å². The molecule has 0 aromatic carbocycles. The summed E-state index contributed by atoms with van der Waals surface area (Å²) in [7, 11) is 2.06. The van der Waals surface area contributed by atoms with Crippen molar-refractivity contribution >= 4 is 32.4 Å². The molecule has 0 N–H and O–H groups in total. The molecule has 0 unspecified atom stereocenters. The van der Waals surface area contributed by atoms with Gasteiger partial charge in [-0.25, -0.2) is 9.59 Å². The minimum atomic E-state index is -0.330. The number of ether oxygens (including phenoxy) is 6. The van der Waals surface area contributed by atoms with Crippen LogP contribution >= 0.6 is 0 Å². The number of carbonyl (C=O) groups excluding carboxylic acids is 2. The van der Waals surface area contributed by atoms with Gasteiger partial charge in [0.05, 0.1) is 48.9 Å². The maximum Gasteiger partial charge on any atom is 0.340 e. The molecule has 8 nitrogen and oxygen atoms in total. The molecule has 0 spiro atoms. The molecule has 0 atom stereocenters. The topological polar surface area (TPSA) is 89.5 Å². The molecule has 0 aliphatic carbocycles. The van der Waals surface area contributed by atoms with Crippen LogP contribution in [0.15, 0.2) is 23.7 Å². The van der Waals surface area contributed by atoms with Crippen LogP contribution in [-0.2, 0) is 38.0 Å². The van der Waals surface area contributed by atoms with Crippen LogP contribution in [0.1, 0.15) is 114 Å². The summed E-state index contributed by atoms with van der Waals surface area (Å²) in [5.41, 5.74) is 0.622. The monoisotopic (exact) mass is 620 g/mol. The van der Waals surface area contributed by atoms with Crippen LogP contribution in [0, 0.1) is 0 Å². The number of hydrogen-bond donors (Lipinski definition) is 0. The average molecular weight is 621 g/mol. The van der Waals surface area contributed by atoms with Gasteiger partial charge in [-0.2, -0.15) is 0 Å². The molecule has 0 amide bonds. The van der Waals surface area contributed by atoms with Crippen LogP contribution in [-0.4, -0.2) is 76.5 Å². The zero-order valence-electron chi connectivity index (χ0n) is 28.6. The molecule has 0 aromatic heterocycles. The molecule has 41 heavy (non-hydrogen) atoms. The van der Waals surface area contributed by atoms with Crippen molar-refractivity contribution in [1.29, 1.82) is 0 Å². The Hall–Kier alpha value is -1.63. The molecule has 244 valence electrons. The van der Waals surface area contributed by atoms with E-state index in [1.807, 2.05) is 34.6 Å². The van der Waals surface area contributed by atoms with E-state index >= 15 is 0 Å². The molecule has 0 fully saturated rings. The Morgan fingerprint density at radius 2 is 1.15 bits per heavy atom. The molecule has 0 saturated heterocycles. The Bertz CT molecular complexity index is 686. The molecular formula is C31H64O8Si2. The fraction of sp³-hybridized carbons (Fsp3) is 0.806. The average Bonchev–Trinajstić information content (AvgIpc) is 2.90. The first-order valence-corrected chi connectivity index (χ1v) is 18.0. The molecular weight excluding hydrogens is 557 g/mol. The second kappa shape index (κ2) is 28.5. The summed E-state index contributed by atoms with van der Waals surface area (Å²) in [5, 5.41) is 0. The van der Waals surface area contributed by atoms with Gasteiger partial charge in [0.15, 0.2) is 0 Å². The summed E-state index contributed by atoms with van der Waals surface area (Å²) in [4.78, 5) is 22.5. The van der Waals surface area contributed by atoms with Crippen molar-refractivity contribution < 1.29 is 38.0 Å². The van der Waals surface area contributed by atoms with Gasteiger partial charge in [0.2, 0.25) is 0 Å². The van der Waals surface area contributed by atoms with Crippen LogP contribution in [0.4, 0.5) is 0 Å². The first-order chi connectivity index (χ1) is 19.2. The highest BCUT2D eigenvalue weighted by Crippen LogP contribution is 2.18. The van der Waals surface area contributed by atoms with E-state index in [1.165, 1.54) is 0 Å². The number of carbonyl (C=O) groups is 2. The molecule has 0 aromatic rings. The summed E-state index contributed by atoms with van der Waals surface area (Å²) < 4.78 is 32.6. The number of esters is 2. The van der Waals surface area contributed by atoms with E-state index in [1.54, 1.807) is 13.8 Å². The van der Waals surface area contributed by atoms with Crippen molar-refractivity contribution in [2.24, 2.45) is 0 Å². The number of hydrogen-bond acceptors (Lipinski definition) is 8. The summed E-state index contributed by atoms with van der Waals surface area (Å²) in [5.74, 6) is -0.289. The first-order valence-electron chi connectivity index (χ1n) is 15.6. The zero-order valence-corrected chi connectivity index (χ0v) is 32.6. The van der Waals surface area contributed by atoms with Crippen molar-refractivity contribution in [2.45, 2.75) is 138 Å². The Morgan fingerprint density at radius 1 is 0.707 bits per heavy atom. The van der Waals surface area contributed by atoms with E-state index in [0.717, 1.165) is 71.5 Å². The normalized spacial score (nSPS) is 10.7. The van der Waals surface area contributed by atoms with Crippen molar-refractivity contribution in [3.8, 4) is 0 Å². The fourth-order valence-electron chi connectivity index (χ4n) is 2.89.